The topological polar surface area (TPSA) is 64.3 Å². The lowest BCUT2D eigenvalue weighted by molar-refractivity contribution is 0.0602. The number of esters is 1. The molecule has 0 aliphatic rings. The number of nitrogens with one attached hydrogen (secondary N) is 1. The largest absolute Gasteiger partial charge is 0.465 e. The molecule has 0 aromatic heterocycles. The van der Waals surface area contributed by atoms with Gasteiger partial charge in [0.1, 0.15) is 0 Å². The molecule has 0 radical (unpaired) electrons. The summed E-state index contributed by atoms with van der Waals surface area (Å²) in [7, 11) is 1.37. The van der Waals surface area contributed by atoms with Crippen LogP contribution in [0.3, 0.4) is 0 Å². The summed E-state index contributed by atoms with van der Waals surface area (Å²) in [6.07, 6.45) is 1.98. The zero-order valence-corrected chi connectivity index (χ0v) is 12.1. The van der Waals surface area contributed by atoms with E-state index in [1.807, 2.05) is 24.3 Å². The van der Waals surface area contributed by atoms with E-state index >= 15 is 0 Å². The number of hydrogen-bond donors (Lipinski definition) is 2. The van der Waals surface area contributed by atoms with Gasteiger partial charge in [0.25, 0.3) is 0 Å². The van der Waals surface area contributed by atoms with Crippen molar-refractivity contribution in [1.29, 1.82) is 0 Å². The summed E-state index contributed by atoms with van der Waals surface area (Å²) in [5.74, 6) is -0.382. The normalized spacial score (nSPS) is 10.1. The Morgan fingerprint density at radius 3 is 2.67 bits per heavy atom. The lowest BCUT2D eigenvalue weighted by Crippen LogP contribution is -2.10. The second-order valence-corrected chi connectivity index (χ2v) is 4.81. The summed E-state index contributed by atoms with van der Waals surface area (Å²) in [6.45, 7) is 0.781. The zero-order chi connectivity index (χ0) is 15.1. The lowest BCUT2D eigenvalue weighted by atomic mass is 10.1. The summed E-state index contributed by atoms with van der Waals surface area (Å²) in [5, 5.41) is 3.27. The molecule has 0 saturated carbocycles. The van der Waals surface area contributed by atoms with Crippen molar-refractivity contribution in [3.63, 3.8) is 0 Å². The monoisotopic (exact) mass is 284 g/mol. The Morgan fingerprint density at radius 2 is 1.95 bits per heavy atom. The minimum absolute atomic E-state index is 0.382. The standard InChI is InChI=1S/C17H20N2O2/c1-21-17(20)15-12-14(18)9-10-16(15)19-11-5-8-13-6-3-2-4-7-13/h2-4,6-7,9-10,12,19H,5,8,11,18H2,1H3. The number of methoxy groups -OCH3 is 1. The van der Waals surface area contributed by atoms with Crippen molar-refractivity contribution in [1.82, 2.24) is 0 Å². The Kier molecular flexibility index (Phi) is 5.21. The third-order valence-corrected chi connectivity index (χ3v) is 3.25. The average molecular weight is 284 g/mol. The fraction of sp³-hybridized carbons (Fsp3) is 0.235. The van der Waals surface area contributed by atoms with E-state index in [0.717, 1.165) is 25.1 Å². The van der Waals surface area contributed by atoms with E-state index in [9.17, 15) is 4.79 Å². The molecule has 110 valence electrons. The number of carbonyl (C=O) groups is 1. The molecule has 0 aliphatic carbocycles. The van der Waals surface area contributed by atoms with Crippen LogP contribution >= 0.6 is 0 Å². The van der Waals surface area contributed by atoms with Crippen molar-refractivity contribution in [3.8, 4) is 0 Å². The van der Waals surface area contributed by atoms with Crippen LogP contribution in [0.25, 0.3) is 0 Å². The van der Waals surface area contributed by atoms with Gasteiger partial charge in [-0.25, -0.2) is 4.79 Å². The van der Waals surface area contributed by atoms with Crippen LogP contribution in [0.1, 0.15) is 22.3 Å². The Bertz CT molecular complexity index is 597. The molecule has 0 saturated heterocycles. The number of carbonyl (C=O) groups excluding carboxylic acids is 1. The van der Waals surface area contributed by atoms with E-state index < -0.39 is 0 Å². The van der Waals surface area contributed by atoms with Gasteiger partial charge in [-0.1, -0.05) is 30.3 Å². The van der Waals surface area contributed by atoms with Crippen LogP contribution in [-0.2, 0) is 11.2 Å². The third-order valence-electron chi connectivity index (χ3n) is 3.25. The quantitative estimate of drug-likeness (QED) is 0.486. The van der Waals surface area contributed by atoms with Crippen LogP contribution in [0, 0.1) is 0 Å². The van der Waals surface area contributed by atoms with Gasteiger partial charge in [-0.05, 0) is 36.6 Å². The summed E-state index contributed by atoms with van der Waals surface area (Å²) >= 11 is 0. The molecule has 0 atom stereocenters. The fourth-order valence-electron chi connectivity index (χ4n) is 2.16. The first-order valence-corrected chi connectivity index (χ1v) is 6.96. The zero-order valence-electron chi connectivity index (χ0n) is 12.1. The number of hydrogen-bond acceptors (Lipinski definition) is 4. The Morgan fingerprint density at radius 1 is 1.19 bits per heavy atom. The van der Waals surface area contributed by atoms with Crippen molar-refractivity contribution in [2.24, 2.45) is 0 Å². The molecule has 2 aromatic carbocycles. The number of aryl methyl sites for hydroxylation is 1. The second-order valence-electron chi connectivity index (χ2n) is 4.81. The van der Waals surface area contributed by atoms with Crippen LogP contribution in [0.5, 0.6) is 0 Å². The maximum absolute atomic E-state index is 11.7. The van der Waals surface area contributed by atoms with E-state index in [0.29, 0.717) is 11.3 Å². The highest BCUT2D eigenvalue weighted by atomic mass is 16.5. The molecule has 4 nitrogen and oxygen atoms in total. The van der Waals surface area contributed by atoms with Gasteiger partial charge in [0.2, 0.25) is 0 Å². The highest BCUT2D eigenvalue weighted by Gasteiger charge is 2.11. The van der Waals surface area contributed by atoms with E-state index in [-0.39, 0.29) is 5.97 Å². The number of anilines is 2. The van der Waals surface area contributed by atoms with Crippen LogP contribution < -0.4 is 11.1 Å². The van der Waals surface area contributed by atoms with Gasteiger partial charge in [0, 0.05) is 17.9 Å². The lowest BCUT2D eigenvalue weighted by Gasteiger charge is -2.11. The molecular formula is C17H20N2O2. The van der Waals surface area contributed by atoms with Gasteiger partial charge >= 0.3 is 5.97 Å². The number of nitrogen functional groups attached to an aromatic ring is 1. The molecule has 0 spiro atoms. The number of ether oxygens (including phenoxy) is 1. The minimum atomic E-state index is -0.382. The van der Waals surface area contributed by atoms with Crippen molar-refractivity contribution in [3.05, 3.63) is 59.7 Å². The fourth-order valence-corrected chi connectivity index (χ4v) is 2.16. The summed E-state index contributed by atoms with van der Waals surface area (Å²) in [5.41, 5.74) is 8.80. The first kappa shape index (κ1) is 14.9. The predicted octanol–water partition coefficient (Wildman–Crippen LogP) is 3.10. The summed E-state index contributed by atoms with van der Waals surface area (Å²) in [4.78, 5) is 11.7. The van der Waals surface area contributed by atoms with Crippen LogP contribution in [-0.4, -0.2) is 19.6 Å². The van der Waals surface area contributed by atoms with Gasteiger partial charge in [0.15, 0.2) is 0 Å². The van der Waals surface area contributed by atoms with Crippen molar-refractivity contribution in [2.75, 3.05) is 24.7 Å². The van der Waals surface area contributed by atoms with E-state index in [4.69, 9.17) is 10.5 Å². The molecule has 2 rings (SSSR count). The van der Waals surface area contributed by atoms with E-state index in [1.54, 1.807) is 12.1 Å². The molecule has 2 aromatic rings. The van der Waals surface area contributed by atoms with Gasteiger partial charge in [-0.3, -0.25) is 0 Å². The van der Waals surface area contributed by atoms with E-state index in [2.05, 4.69) is 17.4 Å². The number of benzene rings is 2. The first-order chi connectivity index (χ1) is 10.2. The van der Waals surface area contributed by atoms with E-state index in [1.165, 1.54) is 12.7 Å². The van der Waals surface area contributed by atoms with Gasteiger partial charge < -0.3 is 15.8 Å². The maximum Gasteiger partial charge on any atom is 0.340 e. The average Bonchev–Trinajstić information content (AvgIpc) is 2.53. The molecule has 21 heavy (non-hydrogen) atoms. The van der Waals surface area contributed by atoms with Crippen LogP contribution in [0.2, 0.25) is 0 Å². The number of rotatable bonds is 6. The third kappa shape index (κ3) is 4.24. The summed E-state index contributed by atoms with van der Waals surface area (Å²) in [6, 6.07) is 15.5. The second kappa shape index (κ2) is 7.33. The molecule has 0 fully saturated rings. The molecule has 0 unspecified atom stereocenters. The van der Waals surface area contributed by atoms with Crippen molar-refractivity contribution in [2.45, 2.75) is 12.8 Å². The predicted molar refractivity (Wildman–Crippen MR) is 85.4 cm³/mol. The SMILES string of the molecule is COC(=O)c1cc(N)ccc1NCCCc1ccccc1. The van der Waals surface area contributed by atoms with Gasteiger partial charge in [0.05, 0.1) is 12.7 Å². The van der Waals surface area contributed by atoms with Crippen LogP contribution in [0.4, 0.5) is 11.4 Å². The Labute approximate surface area is 124 Å². The van der Waals surface area contributed by atoms with Crippen LogP contribution in [0.15, 0.2) is 48.5 Å². The first-order valence-electron chi connectivity index (χ1n) is 6.96. The van der Waals surface area contributed by atoms with Crippen molar-refractivity contribution >= 4 is 17.3 Å². The molecule has 4 heteroatoms. The summed E-state index contributed by atoms with van der Waals surface area (Å²) < 4.78 is 4.77. The molecule has 0 heterocycles. The highest BCUT2D eigenvalue weighted by Crippen LogP contribution is 2.20. The molecule has 3 N–H and O–H groups in total. The van der Waals surface area contributed by atoms with Crippen molar-refractivity contribution < 1.29 is 9.53 Å². The van der Waals surface area contributed by atoms with Gasteiger partial charge in [-0.15, -0.1) is 0 Å². The molecule has 0 amide bonds. The Hall–Kier alpha value is -2.49. The minimum Gasteiger partial charge on any atom is -0.465 e. The Balaban J connectivity index is 1.92. The number of nitrogens with two attached hydrogens (primary N) is 1. The molecule has 0 aliphatic heterocycles. The van der Waals surface area contributed by atoms with Gasteiger partial charge in [-0.2, -0.15) is 0 Å². The molecule has 0 bridgehead atoms. The maximum atomic E-state index is 11.7. The smallest absolute Gasteiger partial charge is 0.340 e. The highest BCUT2D eigenvalue weighted by molar-refractivity contribution is 5.96. The molecular weight excluding hydrogens is 264 g/mol.